The number of nitrogens with one attached hydrogen (secondary N) is 2. The van der Waals surface area contributed by atoms with Crippen LogP contribution in [0.1, 0.15) is 29.7 Å². The molecule has 0 bridgehead atoms. The van der Waals surface area contributed by atoms with Gasteiger partial charge in [0.25, 0.3) is 27.5 Å². The molecule has 0 spiro atoms. The molecule has 0 radical (unpaired) electrons. The molecule has 0 fully saturated rings. The zero-order chi connectivity index (χ0) is 34.0. The van der Waals surface area contributed by atoms with Crippen LogP contribution < -0.4 is 24.5 Å². The zero-order valence-corrected chi connectivity index (χ0v) is 26.6. The van der Waals surface area contributed by atoms with Gasteiger partial charge in [0.05, 0.1) is 34.9 Å². The number of nitro benzene ring substituents is 1. The molecule has 13 nitrogen and oxygen atoms in total. The SMILES string of the molecule is COc1ccc(N(CC(=O)N/N=C\c2ccc(OCC(=O)N[C@H](C)c3ccccc3)cc2)S(=O)(=O)c2ccc(C)c([N+](=O)[O-])c2)cc1. The first-order valence-electron chi connectivity index (χ1n) is 14.3. The van der Waals surface area contributed by atoms with Crippen LogP contribution in [0.25, 0.3) is 0 Å². The first kappa shape index (κ1) is 34.1. The van der Waals surface area contributed by atoms with Crippen LogP contribution in [0, 0.1) is 17.0 Å². The quantitative estimate of drug-likeness (QED) is 0.113. The standard InChI is InChI=1S/C33H33N5O8S/c1-23-9-18-30(19-31(23)38(41)42)47(43,44)37(27-12-16-28(45-3)17-13-27)21-32(39)36-34-20-25-10-14-29(15-11-25)46-22-33(40)35-24(2)26-7-5-4-6-8-26/h4-20,24H,21-22H2,1-3H3,(H,35,40)(H,36,39)/b34-20-/t24-/m1/s1. The highest BCUT2D eigenvalue weighted by molar-refractivity contribution is 7.92. The summed E-state index contributed by atoms with van der Waals surface area (Å²) in [7, 11) is -2.97. The smallest absolute Gasteiger partial charge is 0.273 e. The Morgan fingerprint density at radius 2 is 1.62 bits per heavy atom. The number of carbonyl (C=O) groups is 2. The van der Waals surface area contributed by atoms with Gasteiger partial charge in [0.15, 0.2) is 6.61 Å². The Kier molecular flexibility index (Phi) is 11.2. The van der Waals surface area contributed by atoms with Crippen LogP contribution in [-0.4, -0.2) is 51.6 Å². The summed E-state index contributed by atoms with van der Waals surface area (Å²) in [6.45, 7) is 2.53. The fourth-order valence-electron chi connectivity index (χ4n) is 4.39. The van der Waals surface area contributed by atoms with Gasteiger partial charge in [-0.25, -0.2) is 13.8 Å². The Labute approximate surface area is 272 Å². The summed E-state index contributed by atoms with van der Waals surface area (Å²) < 4.78 is 38.9. The van der Waals surface area contributed by atoms with Crippen molar-refractivity contribution >= 4 is 39.4 Å². The number of benzene rings is 4. The summed E-state index contributed by atoms with van der Waals surface area (Å²) >= 11 is 0. The third-order valence-electron chi connectivity index (χ3n) is 6.94. The van der Waals surface area contributed by atoms with E-state index in [4.69, 9.17) is 9.47 Å². The van der Waals surface area contributed by atoms with Crippen LogP contribution in [-0.2, 0) is 19.6 Å². The van der Waals surface area contributed by atoms with Crippen molar-refractivity contribution in [2.75, 3.05) is 24.6 Å². The van der Waals surface area contributed by atoms with E-state index in [0.29, 0.717) is 17.1 Å². The van der Waals surface area contributed by atoms with Gasteiger partial charge in [0, 0.05) is 11.6 Å². The van der Waals surface area contributed by atoms with Gasteiger partial charge in [0.2, 0.25) is 0 Å². The second-order valence-electron chi connectivity index (χ2n) is 10.3. The third-order valence-corrected chi connectivity index (χ3v) is 8.71. The van der Waals surface area contributed by atoms with Gasteiger partial charge in [-0.05, 0) is 79.6 Å². The van der Waals surface area contributed by atoms with Gasteiger partial charge in [-0.2, -0.15) is 5.10 Å². The number of nitro groups is 1. The van der Waals surface area contributed by atoms with Crippen molar-refractivity contribution in [3.05, 3.63) is 124 Å². The Balaban J connectivity index is 1.39. The van der Waals surface area contributed by atoms with E-state index in [9.17, 15) is 28.1 Å². The molecule has 0 aromatic heterocycles. The van der Waals surface area contributed by atoms with Crippen molar-refractivity contribution in [1.29, 1.82) is 0 Å². The van der Waals surface area contributed by atoms with E-state index in [1.807, 2.05) is 37.3 Å². The third kappa shape index (κ3) is 9.14. The number of amides is 2. The number of carbonyl (C=O) groups excluding carboxylic acids is 2. The van der Waals surface area contributed by atoms with Crippen LogP contribution >= 0.6 is 0 Å². The number of hydrogen-bond donors (Lipinski definition) is 2. The largest absolute Gasteiger partial charge is 0.497 e. The van der Waals surface area contributed by atoms with Crippen LogP contribution in [0.5, 0.6) is 11.5 Å². The van der Waals surface area contributed by atoms with Crippen molar-refractivity contribution in [2.45, 2.75) is 24.8 Å². The topological polar surface area (TPSA) is 170 Å². The number of ether oxygens (including phenoxy) is 2. The van der Waals surface area contributed by atoms with Gasteiger partial charge >= 0.3 is 0 Å². The van der Waals surface area contributed by atoms with Crippen LogP contribution in [0.2, 0.25) is 0 Å². The van der Waals surface area contributed by atoms with Crippen molar-refractivity contribution < 1.29 is 32.4 Å². The van der Waals surface area contributed by atoms with Gasteiger partial charge in [0.1, 0.15) is 18.0 Å². The van der Waals surface area contributed by atoms with E-state index in [0.717, 1.165) is 15.9 Å². The second kappa shape index (κ2) is 15.5. The second-order valence-corrected chi connectivity index (χ2v) is 12.1. The van der Waals surface area contributed by atoms with E-state index in [1.165, 1.54) is 56.6 Å². The van der Waals surface area contributed by atoms with Gasteiger partial charge < -0.3 is 14.8 Å². The number of sulfonamides is 1. The number of hydrazone groups is 1. The molecule has 0 saturated heterocycles. The lowest BCUT2D eigenvalue weighted by Crippen LogP contribution is -2.39. The molecule has 4 aromatic rings. The number of nitrogens with zero attached hydrogens (tertiary/aromatic N) is 3. The monoisotopic (exact) mass is 659 g/mol. The molecule has 0 saturated carbocycles. The molecule has 4 rings (SSSR count). The molecule has 0 aliphatic rings. The summed E-state index contributed by atoms with van der Waals surface area (Å²) in [5, 5.41) is 18.3. The maximum atomic E-state index is 13.7. The van der Waals surface area contributed by atoms with Gasteiger partial charge in [-0.15, -0.1) is 0 Å². The molecule has 4 aromatic carbocycles. The highest BCUT2D eigenvalue weighted by Crippen LogP contribution is 2.29. The van der Waals surface area contributed by atoms with E-state index in [1.54, 1.807) is 24.3 Å². The summed E-state index contributed by atoms with van der Waals surface area (Å²) in [5.74, 6) is -0.132. The van der Waals surface area contributed by atoms with Crippen molar-refractivity contribution in [2.24, 2.45) is 5.10 Å². The van der Waals surface area contributed by atoms with Gasteiger partial charge in [-0.1, -0.05) is 36.4 Å². The average Bonchev–Trinajstić information content (AvgIpc) is 3.07. The highest BCUT2D eigenvalue weighted by atomic mass is 32.2. The molecule has 244 valence electrons. The molecule has 1 atom stereocenters. The lowest BCUT2D eigenvalue weighted by Gasteiger charge is -2.24. The zero-order valence-electron chi connectivity index (χ0n) is 25.8. The van der Waals surface area contributed by atoms with Crippen molar-refractivity contribution in [3.8, 4) is 11.5 Å². The maximum absolute atomic E-state index is 13.7. The fourth-order valence-corrected chi connectivity index (χ4v) is 5.83. The molecular formula is C33H33N5O8S. The Morgan fingerprint density at radius 3 is 2.26 bits per heavy atom. The molecule has 0 heterocycles. The number of hydrogen-bond acceptors (Lipinski definition) is 9. The molecule has 2 amide bonds. The molecule has 47 heavy (non-hydrogen) atoms. The summed E-state index contributed by atoms with van der Waals surface area (Å²) in [6, 6.07) is 25.5. The maximum Gasteiger partial charge on any atom is 0.273 e. The van der Waals surface area contributed by atoms with E-state index < -0.39 is 27.4 Å². The predicted molar refractivity (Wildman–Crippen MR) is 176 cm³/mol. The summed E-state index contributed by atoms with van der Waals surface area (Å²) in [6.07, 6.45) is 1.35. The first-order valence-corrected chi connectivity index (χ1v) is 15.7. The molecular weight excluding hydrogens is 626 g/mol. The lowest BCUT2D eigenvalue weighted by atomic mass is 10.1. The minimum absolute atomic E-state index is 0.131. The van der Waals surface area contributed by atoms with E-state index in [2.05, 4.69) is 15.8 Å². The lowest BCUT2D eigenvalue weighted by molar-refractivity contribution is -0.385. The molecule has 0 unspecified atom stereocenters. The van der Waals surface area contributed by atoms with Crippen LogP contribution in [0.3, 0.4) is 0 Å². The van der Waals surface area contributed by atoms with E-state index in [-0.39, 0.29) is 40.4 Å². The molecule has 0 aliphatic carbocycles. The number of methoxy groups -OCH3 is 1. The van der Waals surface area contributed by atoms with E-state index >= 15 is 0 Å². The summed E-state index contributed by atoms with van der Waals surface area (Å²) in [4.78, 5) is 35.6. The van der Waals surface area contributed by atoms with Crippen molar-refractivity contribution in [1.82, 2.24) is 10.7 Å². The number of rotatable bonds is 14. The van der Waals surface area contributed by atoms with Crippen LogP contribution in [0.4, 0.5) is 11.4 Å². The minimum Gasteiger partial charge on any atom is -0.497 e. The normalized spacial score (nSPS) is 11.8. The highest BCUT2D eigenvalue weighted by Gasteiger charge is 2.29. The predicted octanol–water partition coefficient (Wildman–Crippen LogP) is 4.51. The molecule has 14 heteroatoms. The van der Waals surface area contributed by atoms with Gasteiger partial charge in [-0.3, -0.25) is 24.0 Å². The fraction of sp³-hybridized carbons (Fsp3) is 0.182. The first-order chi connectivity index (χ1) is 22.5. The molecule has 2 N–H and O–H groups in total. The Bertz CT molecular complexity index is 1850. The Morgan fingerprint density at radius 1 is 0.957 bits per heavy atom. The number of anilines is 1. The summed E-state index contributed by atoms with van der Waals surface area (Å²) in [5.41, 5.74) is 3.93. The average molecular weight is 660 g/mol. The minimum atomic E-state index is -4.42. The van der Waals surface area contributed by atoms with Crippen molar-refractivity contribution in [3.63, 3.8) is 0 Å². The Hall–Kier alpha value is -5.76. The number of aryl methyl sites for hydroxylation is 1. The van der Waals surface area contributed by atoms with Crippen LogP contribution in [0.15, 0.2) is 107 Å². The molecule has 0 aliphatic heterocycles.